The van der Waals surface area contributed by atoms with Crippen LogP contribution in [-0.4, -0.2) is 109 Å². The zero-order valence-corrected chi connectivity index (χ0v) is 17.5. The maximum Gasteiger partial charge on any atom is 0.317 e. The number of benzene rings is 1. The number of aryl methyl sites for hydroxylation is 1. The molecule has 1 atom stereocenters. The van der Waals surface area contributed by atoms with Crippen molar-refractivity contribution in [1.82, 2.24) is 20.0 Å². The third-order valence-electron chi connectivity index (χ3n) is 5.39. The first-order valence-electron chi connectivity index (χ1n) is 10.2. The Morgan fingerprint density at radius 3 is 2.28 bits per heavy atom. The Kier molecular flexibility index (Phi) is 9.53. The number of nitrogens with zero attached hydrogens (tertiary/aromatic N) is 3. The average Bonchev–Trinajstić information content (AvgIpc) is 2.74. The fraction of sp³-hybridized carbons (Fsp3) is 0.619. The van der Waals surface area contributed by atoms with E-state index in [4.69, 9.17) is 5.11 Å². The van der Waals surface area contributed by atoms with Gasteiger partial charge in [-0.1, -0.05) is 29.8 Å². The van der Waals surface area contributed by atoms with E-state index in [2.05, 4.69) is 53.4 Å². The van der Waals surface area contributed by atoms with Crippen LogP contribution in [0.4, 0.5) is 0 Å². The molecular weight excluding hydrogens is 372 g/mol. The Hall–Kier alpha value is -2.00. The highest BCUT2D eigenvalue weighted by Crippen LogP contribution is 2.12. The van der Waals surface area contributed by atoms with Crippen LogP contribution in [0.15, 0.2) is 24.3 Å². The normalized spacial score (nSPS) is 18.6. The topological polar surface area (TPSA) is 96.4 Å². The van der Waals surface area contributed by atoms with Gasteiger partial charge in [0.05, 0.1) is 13.1 Å². The molecule has 8 heteroatoms. The second kappa shape index (κ2) is 11.9. The zero-order chi connectivity index (χ0) is 21.2. The van der Waals surface area contributed by atoms with Gasteiger partial charge in [-0.2, -0.15) is 0 Å². The summed E-state index contributed by atoms with van der Waals surface area (Å²) in [7, 11) is 2.06. The number of nitrogens with one attached hydrogen (secondary N) is 1. The summed E-state index contributed by atoms with van der Waals surface area (Å²) in [5, 5.41) is 21.2. The maximum atomic E-state index is 11.2. The van der Waals surface area contributed by atoms with Gasteiger partial charge >= 0.3 is 11.9 Å². The van der Waals surface area contributed by atoms with E-state index in [-0.39, 0.29) is 19.1 Å². The van der Waals surface area contributed by atoms with Gasteiger partial charge < -0.3 is 20.4 Å². The van der Waals surface area contributed by atoms with Crippen LogP contribution in [0.25, 0.3) is 0 Å². The van der Waals surface area contributed by atoms with E-state index in [1.165, 1.54) is 11.1 Å². The first-order chi connectivity index (χ1) is 13.8. The fourth-order valence-electron chi connectivity index (χ4n) is 3.60. The molecule has 1 saturated heterocycles. The van der Waals surface area contributed by atoms with Crippen LogP contribution in [-0.2, 0) is 16.0 Å². The van der Waals surface area contributed by atoms with Crippen molar-refractivity contribution in [2.24, 2.45) is 0 Å². The summed E-state index contributed by atoms with van der Waals surface area (Å²) >= 11 is 0. The highest BCUT2D eigenvalue weighted by atomic mass is 16.4. The number of rotatable bonds is 9. The first-order valence-corrected chi connectivity index (χ1v) is 10.2. The third-order valence-corrected chi connectivity index (χ3v) is 5.39. The van der Waals surface area contributed by atoms with Gasteiger partial charge in [-0.05, 0) is 26.0 Å². The molecule has 1 unspecified atom stereocenters. The molecule has 1 aliphatic heterocycles. The van der Waals surface area contributed by atoms with Crippen LogP contribution in [0.5, 0.6) is 0 Å². The van der Waals surface area contributed by atoms with E-state index in [1.54, 1.807) is 0 Å². The van der Waals surface area contributed by atoms with E-state index in [0.29, 0.717) is 13.1 Å². The molecule has 0 amide bonds. The lowest BCUT2D eigenvalue weighted by molar-refractivity contribution is -0.138. The Labute approximate surface area is 173 Å². The highest BCUT2D eigenvalue weighted by Gasteiger charge is 2.23. The molecule has 1 aliphatic rings. The number of carboxylic acid groups (broad SMARTS) is 2. The quantitative estimate of drug-likeness (QED) is 0.536. The molecule has 1 aromatic rings. The zero-order valence-electron chi connectivity index (χ0n) is 17.5. The summed E-state index contributed by atoms with van der Waals surface area (Å²) in [5.74, 6) is -1.67. The minimum absolute atomic E-state index is 0.0432. The Bertz CT molecular complexity index is 653. The molecule has 1 aromatic carbocycles. The lowest BCUT2D eigenvalue weighted by Crippen LogP contribution is -2.49. The van der Waals surface area contributed by atoms with Gasteiger partial charge in [-0.25, -0.2) is 0 Å². The van der Waals surface area contributed by atoms with Crippen LogP contribution in [0.3, 0.4) is 0 Å². The van der Waals surface area contributed by atoms with Gasteiger partial charge in [0.1, 0.15) is 0 Å². The standard InChI is InChI=1S/C21H34N4O4/c1-17-3-5-18(6-4-17)13-19(14-22-15-20(26)27)25-11-8-23(2)7-9-24(10-12-25)16-21(28)29/h3-6,19,22H,7-16H2,1-2H3,(H,26,27)(H,28,29). The van der Waals surface area contributed by atoms with Crippen molar-refractivity contribution >= 4 is 11.9 Å². The maximum absolute atomic E-state index is 11.2. The van der Waals surface area contributed by atoms with Crippen molar-refractivity contribution in [2.45, 2.75) is 19.4 Å². The summed E-state index contributed by atoms with van der Waals surface area (Å²) in [6.45, 7) is 7.37. The third kappa shape index (κ3) is 8.91. The molecule has 2 rings (SSSR count). The van der Waals surface area contributed by atoms with Gasteiger partial charge in [-0.15, -0.1) is 0 Å². The van der Waals surface area contributed by atoms with Crippen molar-refractivity contribution in [3.05, 3.63) is 35.4 Å². The highest BCUT2D eigenvalue weighted by molar-refractivity contribution is 5.69. The number of hydrogen-bond acceptors (Lipinski definition) is 6. The Balaban J connectivity index is 2.11. The van der Waals surface area contributed by atoms with E-state index < -0.39 is 11.9 Å². The van der Waals surface area contributed by atoms with Gasteiger partial charge in [0.15, 0.2) is 0 Å². The summed E-state index contributed by atoms with van der Waals surface area (Å²) in [4.78, 5) is 28.7. The second-order valence-corrected chi connectivity index (χ2v) is 7.88. The molecule has 162 valence electrons. The molecule has 29 heavy (non-hydrogen) atoms. The van der Waals surface area contributed by atoms with Crippen molar-refractivity contribution in [3.8, 4) is 0 Å². The van der Waals surface area contributed by atoms with Crippen LogP contribution >= 0.6 is 0 Å². The summed E-state index contributed by atoms with van der Waals surface area (Å²) in [6, 6.07) is 8.57. The Morgan fingerprint density at radius 2 is 1.62 bits per heavy atom. The summed E-state index contributed by atoms with van der Waals surface area (Å²) in [6.07, 6.45) is 0.815. The van der Waals surface area contributed by atoms with Crippen molar-refractivity contribution in [2.75, 3.05) is 66.0 Å². The lowest BCUT2D eigenvalue weighted by atomic mass is 10.0. The number of likely N-dealkylation sites (N-methyl/N-ethyl adjacent to an activating group) is 1. The van der Waals surface area contributed by atoms with Gasteiger partial charge in [0.2, 0.25) is 0 Å². The molecule has 0 bridgehead atoms. The number of carbonyl (C=O) groups is 2. The fourth-order valence-corrected chi connectivity index (χ4v) is 3.60. The number of carboxylic acids is 2. The molecule has 0 radical (unpaired) electrons. The second-order valence-electron chi connectivity index (χ2n) is 7.88. The molecule has 0 aromatic heterocycles. The van der Waals surface area contributed by atoms with Crippen molar-refractivity contribution < 1.29 is 19.8 Å². The molecule has 3 N–H and O–H groups in total. The smallest absolute Gasteiger partial charge is 0.317 e. The molecule has 1 heterocycles. The molecule has 0 saturated carbocycles. The molecule has 0 spiro atoms. The van der Waals surface area contributed by atoms with Crippen molar-refractivity contribution in [3.63, 3.8) is 0 Å². The van der Waals surface area contributed by atoms with E-state index in [9.17, 15) is 14.7 Å². The van der Waals surface area contributed by atoms with E-state index in [0.717, 1.165) is 39.1 Å². The van der Waals surface area contributed by atoms with Gasteiger partial charge in [-0.3, -0.25) is 19.4 Å². The van der Waals surface area contributed by atoms with Gasteiger partial charge in [0, 0.05) is 51.9 Å². The van der Waals surface area contributed by atoms with E-state index >= 15 is 0 Å². The molecule has 0 aliphatic carbocycles. The number of aliphatic carboxylic acids is 2. The minimum atomic E-state index is -0.865. The summed E-state index contributed by atoms with van der Waals surface area (Å²) < 4.78 is 0. The molecule has 1 fully saturated rings. The average molecular weight is 407 g/mol. The minimum Gasteiger partial charge on any atom is -0.480 e. The number of hydrogen-bond donors (Lipinski definition) is 3. The monoisotopic (exact) mass is 406 g/mol. The SMILES string of the molecule is Cc1ccc(CC(CNCC(=O)O)N2CCN(C)CCN(CC(=O)O)CC2)cc1. The largest absolute Gasteiger partial charge is 0.480 e. The van der Waals surface area contributed by atoms with Crippen LogP contribution in [0, 0.1) is 6.92 Å². The molecular formula is C21H34N4O4. The van der Waals surface area contributed by atoms with Crippen LogP contribution in [0.1, 0.15) is 11.1 Å². The van der Waals surface area contributed by atoms with Gasteiger partial charge in [0.25, 0.3) is 0 Å². The Morgan fingerprint density at radius 1 is 1.00 bits per heavy atom. The van der Waals surface area contributed by atoms with Crippen molar-refractivity contribution in [1.29, 1.82) is 0 Å². The lowest BCUT2D eigenvalue weighted by Gasteiger charge is -2.33. The van der Waals surface area contributed by atoms with Crippen LogP contribution in [0.2, 0.25) is 0 Å². The van der Waals surface area contributed by atoms with Crippen LogP contribution < -0.4 is 5.32 Å². The molecule has 8 nitrogen and oxygen atoms in total. The summed E-state index contributed by atoms with van der Waals surface area (Å²) in [5.41, 5.74) is 2.43. The van der Waals surface area contributed by atoms with E-state index in [1.807, 2.05) is 4.90 Å². The first kappa shape index (κ1) is 23.3. The predicted molar refractivity (Wildman–Crippen MR) is 112 cm³/mol. The predicted octanol–water partition coefficient (Wildman–Crippen LogP) is 0.214.